The number of thioether (sulfide) groups is 2. The molecular weight excluding hydrogens is 296 g/mol. The molecule has 2 unspecified atom stereocenters. The molecule has 0 aromatic carbocycles. The first kappa shape index (κ1) is 14.5. The molecule has 0 aliphatic carbocycles. The summed E-state index contributed by atoms with van der Waals surface area (Å²) in [6.07, 6.45) is 2.86. The maximum Gasteiger partial charge on any atom is 0.173 e. The molecule has 6 nitrogen and oxygen atoms in total. The van der Waals surface area contributed by atoms with Gasteiger partial charge in [0.2, 0.25) is 0 Å². The van der Waals surface area contributed by atoms with Crippen molar-refractivity contribution < 1.29 is 9.84 Å². The van der Waals surface area contributed by atoms with Crippen molar-refractivity contribution in [2.75, 3.05) is 11.6 Å². The summed E-state index contributed by atoms with van der Waals surface area (Å²) >= 11 is 3.41. The first-order chi connectivity index (χ1) is 9.69. The van der Waals surface area contributed by atoms with Crippen LogP contribution in [-0.4, -0.2) is 51.5 Å². The van der Waals surface area contributed by atoms with Gasteiger partial charge in [0.05, 0.1) is 16.9 Å². The Labute approximate surface area is 127 Å². The summed E-state index contributed by atoms with van der Waals surface area (Å²) in [7, 11) is 0. The van der Waals surface area contributed by atoms with E-state index >= 15 is 0 Å². The highest BCUT2D eigenvalue weighted by Crippen LogP contribution is 2.37. The SMILES string of the molecule is CCCC(O)[C@H]1O[C@@H](N2CSC3=CNC(N)N=C32)CS1. The van der Waals surface area contributed by atoms with E-state index in [9.17, 15) is 5.11 Å². The Kier molecular flexibility index (Phi) is 4.46. The molecule has 0 aromatic rings. The lowest BCUT2D eigenvalue weighted by Gasteiger charge is -2.27. The molecule has 2 fully saturated rings. The van der Waals surface area contributed by atoms with E-state index < -0.39 is 6.10 Å². The largest absolute Gasteiger partial charge is 0.390 e. The molecule has 3 aliphatic heterocycles. The maximum absolute atomic E-state index is 10.0. The van der Waals surface area contributed by atoms with Crippen molar-refractivity contribution in [2.45, 2.75) is 43.8 Å². The van der Waals surface area contributed by atoms with Crippen molar-refractivity contribution in [3.8, 4) is 0 Å². The third-order valence-electron chi connectivity index (χ3n) is 3.44. The van der Waals surface area contributed by atoms with Gasteiger partial charge >= 0.3 is 0 Å². The first-order valence-electron chi connectivity index (χ1n) is 6.83. The van der Waals surface area contributed by atoms with Crippen LogP contribution in [0.4, 0.5) is 0 Å². The average Bonchev–Trinajstić information content (AvgIpc) is 3.04. The Morgan fingerprint density at radius 1 is 1.70 bits per heavy atom. The van der Waals surface area contributed by atoms with Crippen LogP contribution in [0.25, 0.3) is 0 Å². The molecule has 0 radical (unpaired) electrons. The third-order valence-corrected chi connectivity index (χ3v) is 5.69. The van der Waals surface area contributed by atoms with Crippen molar-refractivity contribution in [3.05, 3.63) is 11.1 Å². The van der Waals surface area contributed by atoms with E-state index in [4.69, 9.17) is 10.5 Å². The highest BCUT2D eigenvalue weighted by atomic mass is 32.2. The molecule has 2 saturated heterocycles. The number of nitrogens with two attached hydrogens (primary N) is 1. The van der Waals surface area contributed by atoms with Crippen molar-refractivity contribution in [1.82, 2.24) is 10.2 Å². The Morgan fingerprint density at radius 2 is 2.55 bits per heavy atom. The van der Waals surface area contributed by atoms with Gasteiger partial charge in [0.15, 0.2) is 6.29 Å². The van der Waals surface area contributed by atoms with Crippen molar-refractivity contribution >= 4 is 29.4 Å². The third kappa shape index (κ3) is 2.80. The van der Waals surface area contributed by atoms with E-state index in [2.05, 4.69) is 22.1 Å². The number of amidine groups is 1. The van der Waals surface area contributed by atoms with Crippen molar-refractivity contribution in [2.24, 2.45) is 10.7 Å². The predicted molar refractivity (Wildman–Crippen MR) is 83.0 cm³/mol. The molecular formula is C12H20N4O2S2. The molecule has 0 bridgehead atoms. The van der Waals surface area contributed by atoms with Crippen LogP contribution in [0.15, 0.2) is 16.1 Å². The molecule has 4 N–H and O–H groups in total. The zero-order valence-electron chi connectivity index (χ0n) is 11.4. The molecule has 4 atom stereocenters. The second kappa shape index (κ2) is 6.15. The number of aliphatic imine (C=N–C) groups is 1. The standard InChI is InChI=1S/C12H20N4O2S2/c1-2-3-7(17)11-18-9(5-19-11)16-6-20-8-4-14-12(13)15-10(8)16/h4,7,9,11-12,14,17H,2-3,5-6,13H2,1H3/t7?,9-,11+,12?/m1/s1. The zero-order valence-corrected chi connectivity index (χ0v) is 13.0. The quantitative estimate of drug-likeness (QED) is 0.702. The second-order valence-electron chi connectivity index (χ2n) is 4.96. The van der Waals surface area contributed by atoms with Gasteiger partial charge in [0.25, 0.3) is 0 Å². The summed E-state index contributed by atoms with van der Waals surface area (Å²) in [6, 6.07) is 0. The Balaban J connectivity index is 1.65. The van der Waals surface area contributed by atoms with Gasteiger partial charge in [-0.25, -0.2) is 4.99 Å². The molecule has 0 spiro atoms. The van der Waals surface area contributed by atoms with Crippen LogP contribution >= 0.6 is 23.5 Å². The monoisotopic (exact) mass is 316 g/mol. The van der Waals surface area contributed by atoms with E-state index in [-0.39, 0.29) is 18.0 Å². The summed E-state index contributed by atoms with van der Waals surface area (Å²) in [5.41, 5.74) is 5.67. The van der Waals surface area contributed by atoms with Crippen LogP contribution in [-0.2, 0) is 4.74 Å². The number of nitrogens with one attached hydrogen (secondary N) is 1. The lowest BCUT2D eigenvalue weighted by Crippen LogP contribution is -2.44. The van der Waals surface area contributed by atoms with Gasteiger partial charge < -0.3 is 20.1 Å². The summed E-state index contributed by atoms with van der Waals surface area (Å²) < 4.78 is 6.00. The summed E-state index contributed by atoms with van der Waals surface area (Å²) in [6.45, 7) is 2.07. The Bertz CT molecular complexity index is 432. The number of aliphatic hydroxyl groups excluding tert-OH is 1. The van der Waals surface area contributed by atoms with E-state index in [0.717, 1.165) is 35.2 Å². The van der Waals surface area contributed by atoms with Gasteiger partial charge in [-0.1, -0.05) is 25.1 Å². The van der Waals surface area contributed by atoms with Crippen LogP contribution in [0.2, 0.25) is 0 Å². The highest BCUT2D eigenvalue weighted by molar-refractivity contribution is 8.04. The molecule has 3 rings (SSSR count). The van der Waals surface area contributed by atoms with Gasteiger partial charge in [0.1, 0.15) is 17.5 Å². The van der Waals surface area contributed by atoms with Crippen LogP contribution in [0.1, 0.15) is 19.8 Å². The van der Waals surface area contributed by atoms with Crippen LogP contribution in [0.5, 0.6) is 0 Å². The molecule has 20 heavy (non-hydrogen) atoms. The molecule has 3 heterocycles. The summed E-state index contributed by atoms with van der Waals surface area (Å²) in [5.74, 6) is 2.58. The van der Waals surface area contributed by atoms with Crippen molar-refractivity contribution in [1.29, 1.82) is 0 Å². The molecule has 0 aromatic heterocycles. The smallest absolute Gasteiger partial charge is 0.173 e. The molecule has 0 saturated carbocycles. The first-order valence-corrected chi connectivity index (χ1v) is 8.87. The lowest BCUT2D eigenvalue weighted by molar-refractivity contribution is -0.0512. The normalized spacial score (nSPS) is 34.4. The molecule has 112 valence electrons. The number of fused-ring (bicyclic) bond motifs is 1. The minimum Gasteiger partial charge on any atom is -0.390 e. The fraction of sp³-hybridized carbons (Fsp3) is 0.750. The number of hydrogen-bond acceptors (Lipinski definition) is 8. The van der Waals surface area contributed by atoms with Crippen LogP contribution in [0.3, 0.4) is 0 Å². The molecule has 0 amide bonds. The maximum atomic E-state index is 10.0. The Hall–Kier alpha value is -0.410. The van der Waals surface area contributed by atoms with E-state index in [0.29, 0.717) is 0 Å². The number of hydrogen-bond donors (Lipinski definition) is 3. The van der Waals surface area contributed by atoms with Crippen LogP contribution < -0.4 is 11.1 Å². The molecule has 3 aliphatic rings. The van der Waals surface area contributed by atoms with Gasteiger partial charge in [-0.05, 0) is 6.42 Å². The van der Waals surface area contributed by atoms with Crippen molar-refractivity contribution in [3.63, 3.8) is 0 Å². The second-order valence-corrected chi connectivity index (χ2v) is 7.08. The highest BCUT2D eigenvalue weighted by Gasteiger charge is 2.39. The Morgan fingerprint density at radius 3 is 3.35 bits per heavy atom. The minimum absolute atomic E-state index is 0.0287. The fourth-order valence-electron chi connectivity index (χ4n) is 2.41. The minimum atomic E-state index is -0.391. The predicted octanol–water partition coefficient (Wildman–Crippen LogP) is 0.655. The summed E-state index contributed by atoms with van der Waals surface area (Å²) in [5, 5.41) is 13.0. The topological polar surface area (TPSA) is 83.1 Å². The number of rotatable bonds is 4. The number of ether oxygens (including phenoxy) is 1. The van der Waals surface area contributed by atoms with E-state index in [1.807, 2.05) is 6.20 Å². The lowest BCUT2D eigenvalue weighted by atomic mass is 10.2. The zero-order chi connectivity index (χ0) is 14.1. The van der Waals surface area contributed by atoms with E-state index in [1.165, 1.54) is 0 Å². The summed E-state index contributed by atoms with van der Waals surface area (Å²) in [4.78, 5) is 7.70. The van der Waals surface area contributed by atoms with Gasteiger partial charge in [0, 0.05) is 12.0 Å². The van der Waals surface area contributed by atoms with Gasteiger partial charge in [-0.3, -0.25) is 5.73 Å². The molecule has 8 heteroatoms. The fourth-order valence-corrected chi connectivity index (χ4v) is 4.60. The van der Waals surface area contributed by atoms with E-state index in [1.54, 1.807) is 23.5 Å². The number of nitrogens with zero attached hydrogens (tertiary/aromatic N) is 2. The van der Waals surface area contributed by atoms with Crippen LogP contribution in [0, 0.1) is 0 Å². The number of aliphatic hydroxyl groups is 1. The van der Waals surface area contributed by atoms with Gasteiger partial charge in [-0.2, -0.15) is 0 Å². The average molecular weight is 316 g/mol. The van der Waals surface area contributed by atoms with Gasteiger partial charge in [-0.15, -0.1) is 11.8 Å².